The number of benzene rings is 3. The molecule has 3 aromatic rings. The Hall–Kier alpha value is -1.64. The Bertz CT molecular complexity index is 837. The van der Waals surface area contributed by atoms with Crippen LogP contribution in [0.25, 0.3) is 0 Å². The van der Waals surface area contributed by atoms with Crippen LogP contribution in [0.2, 0.25) is 5.54 Å². The van der Waals surface area contributed by atoms with Gasteiger partial charge in [-0.1, -0.05) is 136 Å². The molecule has 2 unspecified atom stereocenters. The zero-order chi connectivity index (χ0) is 22.9. The van der Waals surface area contributed by atoms with E-state index in [0.29, 0.717) is 0 Å². The molecule has 2 saturated carbocycles. The molecule has 36 heavy (non-hydrogen) atoms. The van der Waals surface area contributed by atoms with E-state index in [1.54, 1.807) is 15.6 Å². The summed E-state index contributed by atoms with van der Waals surface area (Å²) in [4.78, 5) is 2.39. The molecule has 1 nitrogen and oxygen atoms in total. The summed E-state index contributed by atoms with van der Waals surface area (Å²) < 4.78 is 0. The fourth-order valence-electron chi connectivity index (χ4n) is 6.42. The Labute approximate surface area is 234 Å². The predicted molar refractivity (Wildman–Crippen MR) is 160 cm³/mol. The summed E-state index contributed by atoms with van der Waals surface area (Å²) in [7, 11) is 2.31. The molecule has 0 N–H and O–H groups in total. The molecule has 0 heterocycles. The molecule has 2 fully saturated rings. The Morgan fingerprint density at radius 3 is 1.28 bits per heavy atom. The van der Waals surface area contributed by atoms with Crippen LogP contribution in [0.1, 0.15) is 51.4 Å². The summed E-state index contributed by atoms with van der Waals surface area (Å²) >= 11 is 0. The van der Waals surface area contributed by atoms with Gasteiger partial charge in [0.1, 0.15) is 0 Å². The van der Waals surface area contributed by atoms with E-state index < -0.39 is 8.07 Å². The average molecular weight is 542 g/mol. The van der Waals surface area contributed by atoms with Crippen LogP contribution in [0.15, 0.2) is 91.0 Å². The van der Waals surface area contributed by atoms with Crippen molar-refractivity contribution in [1.29, 1.82) is 0 Å². The SMILES string of the molecule is C1CCCC1.CN(C)CC1CCCC1[Si](c1ccccc1)(c1ccccc1)c1ccccc1.[CH3-].[CH3-].[Fe+2]. The van der Waals surface area contributed by atoms with Crippen molar-refractivity contribution in [3.8, 4) is 0 Å². The fraction of sp³-hybridized carbons (Fsp3) is 0.394. The van der Waals surface area contributed by atoms with Gasteiger partial charge in [0.05, 0.1) is 0 Å². The number of hydrogen-bond acceptors (Lipinski definition) is 1. The molecule has 0 bridgehead atoms. The second kappa shape index (κ2) is 16.3. The summed E-state index contributed by atoms with van der Waals surface area (Å²) in [6.07, 6.45) is 11.5. The van der Waals surface area contributed by atoms with Crippen LogP contribution in [0, 0.1) is 20.8 Å². The van der Waals surface area contributed by atoms with E-state index >= 15 is 0 Å². The van der Waals surface area contributed by atoms with Crippen molar-refractivity contribution >= 4 is 23.6 Å². The molecule has 0 spiro atoms. The molecule has 3 heteroatoms. The van der Waals surface area contributed by atoms with E-state index in [4.69, 9.17) is 0 Å². The van der Waals surface area contributed by atoms with Crippen LogP contribution in [-0.2, 0) is 17.1 Å². The average Bonchev–Trinajstić information content (AvgIpc) is 3.58. The van der Waals surface area contributed by atoms with E-state index in [1.165, 1.54) is 57.9 Å². The van der Waals surface area contributed by atoms with Gasteiger partial charge in [-0.3, -0.25) is 0 Å². The molecular weight excluding hydrogens is 494 g/mol. The standard InChI is InChI=1S/C26H31NSi.C5H10.2CH3.Fe/c1-27(2)21-22-13-12-20-26(22)28(23-14-6-3-7-15-23,24-16-8-4-9-17-24)25-18-10-5-11-19-25;1-2-4-5-3-1;;;/h3-11,14-19,22,26H,12-13,20-21H2,1-2H3;1-5H2;2*1H3;/q;;2*-1;+2. The quantitative estimate of drug-likeness (QED) is 0.190. The number of nitrogens with zero attached hydrogens (tertiary/aromatic N) is 1. The molecule has 2 aliphatic carbocycles. The zero-order valence-electron chi connectivity index (χ0n) is 23.0. The first-order valence-corrected chi connectivity index (χ1v) is 15.1. The third-order valence-electron chi connectivity index (χ3n) is 7.75. The van der Waals surface area contributed by atoms with Crippen LogP contribution in [0.5, 0.6) is 0 Å². The Morgan fingerprint density at radius 2 is 0.944 bits per heavy atom. The van der Waals surface area contributed by atoms with Crippen molar-refractivity contribution in [3.63, 3.8) is 0 Å². The first kappa shape index (κ1) is 32.4. The molecule has 3 aromatic carbocycles. The number of hydrogen-bond donors (Lipinski definition) is 0. The van der Waals surface area contributed by atoms with Gasteiger partial charge in [0.15, 0.2) is 8.07 Å². The number of rotatable bonds is 6. The maximum atomic E-state index is 2.40. The van der Waals surface area contributed by atoms with Crippen LogP contribution in [0.4, 0.5) is 0 Å². The second-order valence-corrected chi connectivity index (χ2v) is 14.3. The monoisotopic (exact) mass is 541 g/mol. The molecule has 0 aliphatic heterocycles. The van der Waals surface area contributed by atoms with Crippen LogP contribution in [-0.4, -0.2) is 33.6 Å². The van der Waals surface area contributed by atoms with Crippen LogP contribution < -0.4 is 15.6 Å². The topological polar surface area (TPSA) is 3.24 Å². The molecule has 0 saturated heterocycles. The minimum atomic E-state index is -2.15. The van der Waals surface area contributed by atoms with Gasteiger partial charge in [0.2, 0.25) is 0 Å². The summed E-state index contributed by atoms with van der Waals surface area (Å²) in [6, 6.07) is 34.3. The van der Waals surface area contributed by atoms with Gasteiger partial charge in [0.25, 0.3) is 0 Å². The Kier molecular flexibility index (Phi) is 14.6. The van der Waals surface area contributed by atoms with Crippen LogP contribution >= 0.6 is 0 Å². The summed E-state index contributed by atoms with van der Waals surface area (Å²) in [5.41, 5.74) is 0.724. The molecule has 2 atom stereocenters. The minimum Gasteiger partial charge on any atom is -0.358 e. The zero-order valence-corrected chi connectivity index (χ0v) is 25.1. The van der Waals surface area contributed by atoms with Gasteiger partial charge in [-0.25, -0.2) is 0 Å². The molecule has 0 amide bonds. The van der Waals surface area contributed by atoms with E-state index in [1.807, 2.05) is 0 Å². The summed E-state index contributed by atoms with van der Waals surface area (Å²) in [6.45, 7) is 1.19. The summed E-state index contributed by atoms with van der Waals surface area (Å²) in [5.74, 6) is 0.752. The molecule has 0 aromatic heterocycles. The predicted octanol–water partition coefficient (Wildman–Crippen LogP) is 6.74. The Balaban J connectivity index is 0.000000727. The van der Waals surface area contributed by atoms with Gasteiger partial charge in [-0.15, -0.1) is 0 Å². The van der Waals surface area contributed by atoms with Crippen molar-refractivity contribution in [1.82, 2.24) is 4.90 Å². The minimum absolute atomic E-state index is 0. The van der Waals surface area contributed by atoms with Crippen molar-refractivity contribution in [2.24, 2.45) is 5.92 Å². The maximum Gasteiger partial charge on any atom is 2.00 e. The molecule has 196 valence electrons. The van der Waals surface area contributed by atoms with Crippen molar-refractivity contribution < 1.29 is 17.1 Å². The van der Waals surface area contributed by atoms with Crippen molar-refractivity contribution in [2.75, 3.05) is 20.6 Å². The van der Waals surface area contributed by atoms with E-state index in [9.17, 15) is 0 Å². The fourth-order valence-corrected chi connectivity index (χ4v) is 12.5. The third kappa shape index (κ3) is 7.45. The van der Waals surface area contributed by atoms with E-state index in [0.717, 1.165) is 11.5 Å². The van der Waals surface area contributed by atoms with Gasteiger partial charge >= 0.3 is 17.1 Å². The maximum absolute atomic E-state index is 2.40. The molecule has 0 radical (unpaired) electrons. The second-order valence-electron chi connectivity index (χ2n) is 10.2. The first-order valence-electron chi connectivity index (χ1n) is 13.0. The normalized spacial score (nSPS) is 18.8. The van der Waals surface area contributed by atoms with Crippen LogP contribution in [0.3, 0.4) is 0 Å². The Morgan fingerprint density at radius 1 is 0.583 bits per heavy atom. The molecule has 2 aliphatic rings. The first-order chi connectivity index (χ1) is 16.2. The van der Waals surface area contributed by atoms with E-state index in [2.05, 4.69) is 110 Å². The summed E-state index contributed by atoms with van der Waals surface area (Å²) in [5, 5.41) is 4.68. The van der Waals surface area contributed by atoms with E-state index in [-0.39, 0.29) is 31.9 Å². The van der Waals surface area contributed by atoms with Gasteiger partial charge in [0, 0.05) is 6.54 Å². The third-order valence-corrected chi connectivity index (χ3v) is 13.4. The molecule has 5 rings (SSSR count). The largest absolute Gasteiger partial charge is 2.00 e. The van der Waals surface area contributed by atoms with Gasteiger partial charge < -0.3 is 19.8 Å². The van der Waals surface area contributed by atoms with Crippen molar-refractivity contribution in [3.05, 3.63) is 106 Å². The smallest absolute Gasteiger partial charge is 0.358 e. The van der Waals surface area contributed by atoms with Gasteiger partial charge in [-0.2, -0.15) is 0 Å². The molecular formula is C33H47FeNSi. The van der Waals surface area contributed by atoms with Crippen molar-refractivity contribution in [2.45, 2.75) is 56.9 Å². The van der Waals surface area contributed by atoms with Gasteiger partial charge in [-0.05, 0) is 47.5 Å².